The molecule has 0 saturated carbocycles. The molecule has 0 heterocycles. The molecule has 4 heteroatoms. The molecule has 0 saturated heterocycles. The first-order valence-corrected chi connectivity index (χ1v) is 3.80. The Bertz CT molecular complexity index is 189. The van der Waals surface area contributed by atoms with Gasteiger partial charge in [-0.15, -0.1) is 0 Å². The van der Waals surface area contributed by atoms with Crippen LogP contribution in [0.4, 0.5) is 8.78 Å². The van der Waals surface area contributed by atoms with Crippen molar-refractivity contribution in [3.8, 4) is 0 Å². The third-order valence-corrected chi connectivity index (χ3v) is 1.67. The van der Waals surface area contributed by atoms with E-state index in [0.29, 0.717) is 5.76 Å². The molecular weight excluding hydrogens is 170 g/mol. The summed E-state index contributed by atoms with van der Waals surface area (Å²) in [6.45, 7) is 0. The summed E-state index contributed by atoms with van der Waals surface area (Å²) in [5.74, 6) is 0.593. The van der Waals surface area contributed by atoms with E-state index >= 15 is 0 Å². The average Bonchev–Trinajstić information content (AvgIpc) is 2.39. The molecule has 1 rings (SSSR count). The predicted octanol–water partition coefficient (Wildman–Crippen LogP) is 2.66. The molecule has 0 N–H and O–H groups in total. The summed E-state index contributed by atoms with van der Waals surface area (Å²) in [6.07, 6.45) is 1.76. The number of allylic oxidation sites excluding steroid dienone is 2. The van der Waals surface area contributed by atoms with E-state index in [4.69, 9.17) is 4.74 Å². The van der Waals surface area contributed by atoms with Crippen molar-refractivity contribution in [1.29, 1.82) is 0 Å². The monoisotopic (exact) mass is 178 g/mol. The number of hydrogen-bond acceptors (Lipinski definition) is 2. The summed E-state index contributed by atoms with van der Waals surface area (Å²) in [5, 5.41) is -0.613. The van der Waals surface area contributed by atoms with Crippen LogP contribution in [0.2, 0.25) is 0 Å². The van der Waals surface area contributed by atoms with Crippen LogP contribution in [0.3, 0.4) is 0 Å². The van der Waals surface area contributed by atoms with Crippen LogP contribution in [-0.4, -0.2) is 11.5 Å². The molecule has 0 unspecified atom stereocenters. The number of halogens is 2. The van der Waals surface area contributed by atoms with Gasteiger partial charge in [0.25, 0.3) is 0 Å². The fourth-order valence-electron chi connectivity index (χ4n) is 0.908. The fraction of sp³-hybridized carbons (Fsp3) is 0.571. The number of thiocarbonyl (C=S) groups is 1. The van der Waals surface area contributed by atoms with Crippen molar-refractivity contribution in [2.75, 3.05) is 0 Å². The topological polar surface area (TPSA) is 9.23 Å². The zero-order valence-electron chi connectivity index (χ0n) is 5.85. The van der Waals surface area contributed by atoms with Crippen molar-refractivity contribution in [2.24, 2.45) is 0 Å². The second-order valence-electron chi connectivity index (χ2n) is 2.28. The lowest BCUT2D eigenvalue weighted by atomic mass is 10.4. The molecule has 0 atom stereocenters. The fourth-order valence-corrected chi connectivity index (χ4v) is 1.01. The first-order chi connectivity index (χ1) is 5.20. The van der Waals surface area contributed by atoms with Crippen LogP contribution in [0.25, 0.3) is 0 Å². The van der Waals surface area contributed by atoms with E-state index in [-0.39, 0.29) is 0 Å². The Morgan fingerprint density at radius 1 is 1.64 bits per heavy atom. The molecule has 0 radical (unpaired) electrons. The van der Waals surface area contributed by atoms with Gasteiger partial charge in [0.15, 0.2) is 0 Å². The zero-order chi connectivity index (χ0) is 8.27. The first kappa shape index (κ1) is 8.59. The average molecular weight is 178 g/mol. The first-order valence-electron chi connectivity index (χ1n) is 3.39. The molecule has 1 aliphatic carbocycles. The maximum atomic E-state index is 11.8. The van der Waals surface area contributed by atoms with Crippen molar-refractivity contribution in [3.05, 3.63) is 11.8 Å². The highest BCUT2D eigenvalue weighted by Crippen LogP contribution is 2.19. The van der Waals surface area contributed by atoms with Crippen molar-refractivity contribution < 1.29 is 13.5 Å². The molecule has 0 aromatic heterocycles. The lowest BCUT2D eigenvalue weighted by Crippen LogP contribution is -2.10. The van der Waals surface area contributed by atoms with E-state index in [9.17, 15) is 8.78 Å². The van der Waals surface area contributed by atoms with Crippen LogP contribution < -0.4 is 0 Å². The van der Waals surface area contributed by atoms with Gasteiger partial charge in [0.05, 0.1) is 0 Å². The van der Waals surface area contributed by atoms with Gasteiger partial charge in [0.2, 0.25) is 5.05 Å². The summed E-state index contributed by atoms with van der Waals surface area (Å²) in [6, 6.07) is 0. The van der Waals surface area contributed by atoms with Crippen molar-refractivity contribution in [3.63, 3.8) is 0 Å². The standard InChI is InChI=1S/C7H8F2OS/c8-6(9)7(11)10-5-3-1-2-4-5/h3,6H,1-2,4H2. The van der Waals surface area contributed by atoms with Gasteiger partial charge in [-0.25, -0.2) is 8.78 Å². The minimum atomic E-state index is -2.65. The van der Waals surface area contributed by atoms with Gasteiger partial charge in [0.1, 0.15) is 5.76 Å². The van der Waals surface area contributed by atoms with Crippen molar-refractivity contribution in [2.45, 2.75) is 25.7 Å². The Morgan fingerprint density at radius 2 is 2.36 bits per heavy atom. The van der Waals surface area contributed by atoms with E-state index in [1.54, 1.807) is 6.08 Å². The maximum absolute atomic E-state index is 11.8. The Balaban J connectivity index is 2.35. The molecule has 0 aromatic rings. The van der Waals surface area contributed by atoms with Gasteiger partial charge >= 0.3 is 6.43 Å². The van der Waals surface area contributed by atoms with E-state index in [0.717, 1.165) is 19.3 Å². The highest BCUT2D eigenvalue weighted by atomic mass is 32.1. The van der Waals surface area contributed by atoms with Crippen LogP contribution in [0.15, 0.2) is 11.8 Å². The Kier molecular flexibility index (Phi) is 2.93. The van der Waals surface area contributed by atoms with Gasteiger partial charge in [-0.3, -0.25) is 0 Å². The molecule has 0 aliphatic heterocycles. The summed E-state index contributed by atoms with van der Waals surface area (Å²) < 4.78 is 28.3. The van der Waals surface area contributed by atoms with Crippen LogP contribution in [-0.2, 0) is 4.74 Å². The van der Waals surface area contributed by atoms with Crippen LogP contribution >= 0.6 is 12.2 Å². The molecule has 1 aliphatic rings. The summed E-state index contributed by atoms with van der Waals surface area (Å²) >= 11 is 4.30. The number of alkyl halides is 2. The summed E-state index contributed by atoms with van der Waals surface area (Å²) in [5.41, 5.74) is 0. The van der Waals surface area contributed by atoms with Crippen molar-refractivity contribution >= 4 is 17.3 Å². The molecule has 0 fully saturated rings. The molecule has 11 heavy (non-hydrogen) atoms. The highest BCUT2D eigenvalue weighted by Gasteiger charge is 2.15. The largest absolute Gasteiger partial charge is 0.449 e. The Hall–Kier alpha value is -0.510. The molecular formula is C7H8F2OS. The van der Waals surface area contributed by atoms with Crippen LogP contribution in [0.1, 0.15) is 19.3 Å². The molecule has 0 spiro atoms. The van der Waals surface area contributed by atoms with Gasteiger partial charge in [0, 0.05) is 6.42 Å². The lowest BCUT2D eigenvalue weighted by molar-refractivity contribution is 0.192. The Morgan fingerprint density at radius 3 is 2.82 bits per heavy atom. The van der Waals surface area contributed by atoms with Gasteiger partial charge in [-0.1, -0.05) is 0 Å². The van der Waals surface area contributed by atoms with E-state index in [1.807, 2.05) is 0 Å². The number of hydrogen-bond donors (Lipinski definition) is 0. The lowest BCUT2D eigenvalue weighted by Gasteiger charge is -2.05. The predicted molar refractivity (Wildman–Crippen MR) is 41.6 cm³/mol. The normalized spacial score (nSPS) is 16.8. The minimum absolute atomic E-state index is 0.593. The van der Waals surface area contributed by atoms with Gasteiger partial charge in [-0.05, 0) is 31.1 Å². The van der Waals surface area contributed by atoms with E-state index in [2.05, 4.69) is 12.2 Å². The van der Waals surface area contributed by atoms with E-state index in [1.165, 1.54) is 0 Å². The molecule has 0 amide bonds. The quantitative estimate of drug-likeness (QED) is 0.601. The highest BCUT2D eigenvalue weighted by molar-refractivity contribution is 7.80. The Labute approximate surface area is 69.0 Å². The second kappa shape index (κ2) is 3.76. The summed E-state index contributed by atoms with van der Waals surface area (Å²) in [4.78, 5) is 0. The number of ether oxygens (including phenoxy) is 1. The van der Waals surface area contributed by atoms with Crippen LogP contribution in [0.5, 0.6) is 0 Å². The van der Waals surface area contributed by atoms with Gasteiger partial charge < -0.3 is 4.74 Å². The SMILES string of the molecule is FC(F)C(=S)OC1=CCCC1. The third kappa shape index (κ3) is 2.54. The van der Waals surface area contributed by atoms with Crippen molar-refractivity contribution in [1.82, 2.24) is 0 Å². The zero-order valence-corrected chi connectivity index (χ0v) is 6.66. The molecule has 62 valence electrons. The molecule has 1 nitrogen and oxygen atoms in total. The van der Waals surface area contributed by atoms with Gasteiger partial charge in [-0.2, -0.15) is 0 Å². The summed E-state index contributed by atoms with van der Waals surface area (Å²) in [7, 11) is 0. The minimum Gasteiger partial charge on any atom is -0.449 e. The number of rotatable bonds is 2. The van der Waals surface area contributed by atoms with E-state index < -0.39 is 11.5 Å². The molecule has 0 aromatic carbocycles. The van der Waals surface area contributed by atoms with Crippen LogP contribution in [0, 0.1) is 0 Å². The molecule has 0 bridgehead atoms. The second-order valence-corrected chi connectivity index (χ2v) is 2.69. The smallest absolute Gasteiger partial charge is 0.305 e. The third-order valence-electron chi connectivity index (χ3n) is 1.41. The maximum Gasteiger partial charge on any atom is 0.305 e.